The van der Waals surface area contributed by atoms with E-state index in [4.69, 9.17) is 14.7 Å². The summed E-state index contributed by atoms with van der Waals surface area (Å²) in [7, 11) is 3.31. The average molecular weight is 353 g/mol. The van der Waals surface area contributed by atoms with Gasteiger partial charge in [0.2, 0.25) is 0 Å². The number of hydrogen-bond donors (Lipinski definition) is 1. The Morgan fingerprint density at radius 3 is 2.32 bits per heavy atom. The minimum atomic E-state index is 0.793. The molecule has 0 fully saturated rings. The zero-order valence-electron chi connectivity index (χ0n) is 14.3. The number of benzene rings is 2. The second kappa shape index (κ2) is 7.40. The summed E-state index contributed by atoms with van der Waals surface area (Å²) in [5.41, 5.74) is 4.32. The molecule has 4 nitrogen and oxygen atoms in total. The highest BCUT2D eigenvalue weighted by molar-refractivity contribution is 7.18. The van der Waals surface area contributed by atoms with Crippen molar-refractivity contribution in [3.8, 4) is 33.1 Å². The van der Waals surface area contributed by atoms with E-state index >= 15 is 0 Å². The third-order valence-electron chi connectivity index (χ3n) is 4.06. The van der Waals surface area contributed by atoms with Crippen LogP contribution >= 0.6 is 11.3 Å². The van der Waals surface area contributed by atoms with Crippen molar-refractivity contribution in [2.75, 3.05) is 14.2 Å². The van der Waals surface area contributed by atoms with Crippen LogP contribution in [0.5, 0.6) is 11.5 Å². The Morgan fingerprint density at radius 1 is 0.960 bits per heavy atom. The molecule has 1 aromatic heterocycles. The number of methoxy groups -OCH3 is 2. The van der Waals surface area contributed by atoms with Crippen molar-refractivity contribution in [2.45, 2.75) is 6.92 Å². The minimum absolute atomic E-state index is 0.793. The van der Waals surface area contributed by atoms with Crippen LogP contribution in [0.25, 0.3) is 21.6 Å². The number of ether oxygens (including phenoxy) is 2. The normalized spacial score (nSPS) is 11.0. The first-order chi connectivity index (χ1) is 12.2. The summed E-state index contributed by atoms with van der Waals surface area (Å²) in [5, 5.41) is 12.3. The summed E-state index contributed by atoms with van der Waals surface area (Å²) >= 11 is 1.59. The van der Waals surface area contributed by atoms with Gasteiger partial charge in [0, 0.05) is 10.4 Å². The Bertz CT molecular complexity index is 898. The molecule has 1 heterocycles. The molecule has 3 rings (SSSR count). The molecule has 0 amide bonds. The van der Waals surface area contributed by atoms with E-state index in [1.165, 1.54) is 6.21 Å². The van der Waals surface area contributed by atoms with Crippen LogP contribution in [0, 0.1) is 6.92 Å². The maximum atomic E-state index is 9.07. The van der Waals surface area contributed by atoms with E-state index in [1.807, 2.05) is 48.5 Å². The zero-order chi connectivity index (χ0) is 17.8. The van der Waals surface area contributed by atoms with E-state index < -0.39 is 0 Å². The zero-order valence-corrected chi connectivity index (χ0v) is 15.1. The Labute approximate surface area is 151 Å². The quantitative estimate of drug-likeness (QED) is 0.389. The second-order valence-electron chi connectivity index (χ2n) is 5.50. The third-order valence-corrected chi connectivity index (χ3v) is 5.34. The predicted molar refractivity (Wildman–Crippen MR) is 102 cm³/mol. The van der Waals surface area contributed by atoms with Crippen LogP contribution in [0.3, 0.4) is 0 Å². The number of rotatable bonds is 5. The van der Waals surface area contributed by atoms with Gasteiger partial charge in [0.15, 0.2) is 0 Å². The molecule has 0 saturated carbocycles. The summed E-state index contributed by atoms with van der Waals surface area (Å²) < 4.78 is 10.6. The first-order valence-corrected chi connectivity index (χ1v) is 8.59. The molecule has 0 unspecified atom stereocenters. The minimum Gasteiger partial charge on any atom is -0.497 e. The Morgan fingerprint density at radius 2 is 1.68 bits per heavy atom. The van der Waals surface area contributed by atoms with E-state index in [0.717, 1.165) is 43.5 Å². The average Bonchev–Trinajstić information content (AvgIpc) is 2.98. The van der Waals surface area contributed by atoms with Gasteiger partial charge in [-0.2, -0.15) is 0 Å². The predicted octanol–water partition coefficient (Wildman–Crippen LogP) is 5.22. The smallest absolute Gasteiger partial charge is 0.119 e. The first kappa shape index (κ1) is 17.0. The fourth-order valence-electron chi connectivity index (χ4n) is 2.83. The van der Waals surface area contributed by atoms with Gasteiger partial charge in [-0.3, -0.25) is 0 Å². The van der Waals surface area contributed by atoms with Crippen LogP contribution in [-0.4, -0.2) is 25.6 Å². The van der Waals surface area contributed by atoms with Crippen molar-refractivity contribution in [3.05, 3.63) is 59.0 Å². The maximum absolute atomic E-state index is 9.07. The number of oxime groups is 1. The Balaban J connectivity index is 2.15. The molecule has 0 radical (unpaired) electrons. The van der Waals surface area contributed by atoms with E-state index in [9.17, 15) is 0 Å². The van der Waals surface area contributed by atoms with Gasteiger partial charge in [-0.05, 0) is 60.0 Å². The molecule has 0 bridgehead atoms. The molecule has 0 atom stereocenters. The van der Waals surface area contributed by atoms with Gasteiger partial charge in [-0.15, -0.1) is 11.3 Å². The van der Waals surface area contributed by atoms with Gasteiger partial charge >= 0.3 is 0 Å². The number of nitrogens with zero attached hydrogens (tertiary/aromatic N) is 1. The van der Waals surface area contributed by atoms with Crippen LogP contribution < -0.4 is 9.47 Å². The standard InChI is InChI=1S/C20H19NO3S/c1-13-19(15-5-4-6-17(11-15)24-3)18(12-21-22)25-20(13)14-7-9-16(23-2)10-8-14/h4-12,22H,1-3H3. The lowest BCUT2D eigenvalue weighted by molar-refractivity contribution is 0.322. The van der Waals surface area contributed by atoms with E-state index in [2.05, 4.69) is 12.1 Å². The van der Waals surface area contributed by atoms with Gasteiger partial charge < -0.3 is 14.7 Å². The van der Waals surface area contributed by atoms with Crippen LogP contribution in [-0.2, 0) is 0 Å². The fourth-order valence-corrected chi connectivity index (χ4v) is 4.04. The van der Waals surface area contributed by atoms with Crippen LogP contribution in [0.2, 0.25) is 0 Å². The molecule has 0 aliphatic rings. The SMILES string of the molecule is COc1ccc(-c2sc(C=NO)c(-c3cccc(OC)c3)c2C)cc1. The van der Waals surface area contributed by atoms with Gasteiger partial charge in [-0.1, -0.05) is 17.3 Å². The molecule has 25 heavy (non-hydrogen) atoms. The van der Waals surface area contributed by atoms with Crippen molar-refractivity contribution in [1.82, 2.24) is 0 Å². The lowest BCUT2D eigenvalue weighted by Gasteiger charge is -2.07. The molecule has 0 spiro atoms. The molecular weight excluding hydrogens is 334 g/mol. The Kier molecular flexibility index (Phi) is 5.05. The van der Waals surface area contributed by atoms with E-state index in [-0.39, 0.29) is 0 Å². The molecule has 1 N–H and O–H groups in total. The van der Waals surface area contributed by atoms with Crippen molar-refractivity contribution in [3.63, 3.8) is 0 Å². The third kappa shape index (κ3) is 3.37. The second-order valence-corrected chi connectivity index (χ2v) is 6.55. The van der Waals surface area contributed by atoms with Crippen molar-refractivity contribution in [1.29, 1.82) is 0 Å². The molecule has 0 aliphatic heterocycles. The summed E-state index contributed by atoms with van der Waals surface area (Å²) in [6.07, 6.45) is 1.49. The van der Waals surface area contributed by atoms with Crippen molar-refractivity contribution in [2.24, 2.45) is 5.16 Å². The summed E-state index contributed by atoms with van der Waals surface area (Å²) in [4.78, 5) is 2.04. The number of hydrogen-bond acceptors (Lipinski definition) is 5. The van der Waals surface area contributed by atoms with Gasteiger partial charge in [0.1, 0.15) is 11.5 Å². The highest BCUT2D eigenvalue weighted by Crippen LogP contribution is 2.42. The topological polar surface area (TPSA) is 51.0 Å². The van der Waals surface area contributed by atoms with Crippen molar-refractivity contribution < 1.29 is 14.7 Å². The first-order valence-electron chi connectivity index (χ1n) is 7.77. The van der Waals surface area contributed by atoms with Crippen molar-refractivity contribution >= 4 is 17.6 Å². The van der Waals surface area contributed by atoms with Gasteiger partial charge in [0.05, 0.1) is 25.3 Å². The lowest BCUT2D eigenvalue weighted by Crippen LogP contribution is -1.88. The molecule has 128 valence electrons. The Hall–Kier alpha value is -2.79. The molecular formula is C20H19NO3S. The molecule has 5 heteroatoms. The van der Waals surface area contributed by atoms with Crippen LogP contribution in [0.4, 0.5) is 0 Å². The van der Waals surface area contributed by atoms with Gasteiger partial charge in [-0.25, -0.2) is 0 Å². The van der Waals surface area contributed by atoms with Gasteiger partial charge in [0.25, 0.3) is 0 Å². The fraction of sp³-hybridized carbons (Fsp3) is 0.150. The van der Waals surface area contributed by atoms with E-state index in [0.29, 0.717) is 0 Å². The highest BCUT2D eigenvalue weighted by atomic mass is 32.1. The molecule has 2 aromatic carbocycles. The van der Waals surface area contributed by atoms with E-state index in [1.54, 1.807) is 25.6 Å². The monoisotopic (exact) mass is 353 g/mol. The largest absolute Gasteiger partial charge is 0.497 e. The molecule has 0 aliphatic carbocycles. The van der Waals surface area contributed by atoms with Crippen LogP contribution in [0.15, 0.2) is 53.7 Å². The summed E-state index contributed by atoms with van der Waals surface area (Å²) in [6, 6.07) is 15.8. The summed E-state index contributed by atoms with van der Waals surface area (Å²) in [5.74, 6) is 1.61. The molecule has 3 aromatic rings. The summed E-state index contributed by atoms with van der Waals surface area (Å²) in [6.45, 7) is 2.08. The maximum Gasteiger partial charge on any atom is 0.119 e. The number of thiophene rings is 1. The van der Waals surface area contributed by atoms with Crippen LogP contribution in [0.1, 0.15) is 10.4 Å². The highest BCUT2D eigenvalue weighted by Gasteiger charge is 2.17. The molecule has 0 saturated heterocycles. The lowest BCUT2D eigenvalue weighted by atomic mass is 9.99.